The van der Waals surface area contributed by atoms with Crippen molar-refractivity contribution >= 4 is 33.3 Å². The molecule has 0 aliphatic carbocycles. The van der Waals surface area contributed by atoms with Crippen molar-refractivity contribution in [2.24, 2.45) is 0 Å². The van der Waals surface area contributed by atoms with Crippen LogP contribution in [0.3, 0.4) is 0 Å². The topological polar surface area (TPSA) is 69.5 Å². The Morgan fingerprint density at radius 2 is 2.14 bits per heavy atom. The Morgan fingerprint density at radius 3 is 2.86 bits per heavy atom. The van der Waals surface area contributed by atoms with Crippen LogP contribution in [-0.4, -0.2) is 15.7 Å². The number of nitrogens with one attached hydrogen (secondary N) is 1. The number of rotatable bonds is 3. The molecule has 0 fully saturated rings. The van der Waals surface area contributed by atoms with Gasteiger partial charge in [0.1, 0.15) is 10.6 Å². The molecule has 0 saturated carbocycles. The molecule has 1 aromatic carbocycles. The molecule has 104 valence electrons. The number of fused-ring (bicyclic) bond motifs is 1. The highest BCUT2D eigenvalue weighted by atomic mass is 32.2. The molecule has 0 unspecified atom stereocenters. The van der Waals surface area contributed by atoms with Gasteiger partial charge >= 0.3 is 0 Å². The van der Waals surface area contributed by atoms with Crippen molar-refractivity contribution in [1.29, 1.82) is 5.26 Å². The number of hydrogen-bond donors (Lipinski definition) is 1. The number of nitrogens with zero attached hydrogens (tertiary/aromatic N) is 2. The molecule has 21 heavy (non-hydrogen) atoms. The van der Waals surface area contributed by atoms with E-state index < -0.39 is 0 Å². The second-order valence-corrected chi connectivity index (χ2v) is 5.98. The Labute approximate surface area is 127 Å². The largest absolute Gasteiger partial charge is 0.301 e. The molecule has 7 heteroatoms. The third-order valence-corrected chi connectivity index (χ3v) is 4.46. The van der Waals surface area contributed by atoms with Gasteiger partial charge in [0.05, 0.1) is 17.2 Å². The standard InChI is InChI=1S/C14H8FN3OS2/c15-9-3-1-8(2-4-9)10-7-21-13-11(10)12(19)17-14(18-13)20-6-5-16/h1-4,7H,6H2,(H,17,18,19). The van der Waals surface area contributed by atoms with Gasteiger partial charge in [-0.25, -0.2) is 9.37 Å². The number of H-pyrrole nitrogens is 1. The van der Waals surface area contributed by atoms with Crippen molar-refractivity contribution in [3.63, 3.8) is 0 Å². The molecule has 2 heterocycles. The third-order valence-electron chi connectivity index (χ3n) is 2.85. The number of aromatic nitrogens is 2. The van der Waals surface area contributed by atoms with E-state index in [1.807, 2.05) is 11.4 Å². The van der Waals surface area contributed by atoms with Crippen LogP contribution in [0.5, 0.6) is 0 Å². The average molecular weight is 317 g/mol. The van der Waals surface area contributed by atoms with Crippen LogP contribution in [0.15, 0.2) is 39.6 Å². The van der Waals surface area contributed by atoms with E-state index in [1.54, 1.807) is 12.1 Å². The van der Waals surface area contributed by atoms with Gasteiger partial charge in [0.2, 0.25) is 0 Å². The maximum atomic E-state index is 13.0. The van der Waals surface area contributed by atoms with E-state index in [0.29, 0.717) is 15.4 Å². The lowest BCUT2D eigenvalue weighted by Gasteiger charge is -2.00. The van der Waals surface area contributed by atoms with Crippen LogP contribution in [0.25, 0.3) is 21.3 Å². The molecule has 0 aliphatic rings. The third kappa shape index (κ3) is 2.68. The summed E-state index contributed by atoms with van der Waals surface area (Å²) in [4.78, 5) is 19.8. The van der Waals surface area contributed by atoms with Gasteiger partial charge in [-0.15, -0.1) is 11.3 Å². The molecule has 4 nitrogen and oxygen atoms in total. The zero-order valence-corrected chi connectivity index (χ0v) is 12.2. The number of nitriles is 1. The van der Waals surface area contributed by atoms with Crippen molar-refractivity contribution in [1.82, 2.24) is 9.97 Å². The molecule has 3 rings (SSSR count). The van der Waals surface area contributed by atoms with E-state index in [9.17, 15) is 9.18 Å². The smallest absolute Gasteiger partial charge is 0.260 e. The zero-order valence-electron chi connectivity index (χ0n) is 10.6. The number of aromatic amines is 1. The minimum atomic E-state index is -0.319. The Balaban J connectivity index is 2.12. The van der Waals surface area contributed by atoms with Gasteiger partial charge in [-0.3, -0.25) is 4.79 Å². The zero-order chi connectivity index (χ0) is 14.8. The van der Waals surface area contributed by atoms with Crippen molar-refractivity contribution in [3.8, 4) is 17.2 Å². The summed E-state index contributed by atoms with van der Waals surface area (Å²) in [5.74, 6) is -0.0921. The molecule has 0 amide bonds. The lowest BCUT2D eigenvalue weighted by molar-refractivity contribution is 0.628. The van der Waals surface area contributed by atoms with Crippen molar-refractivity contribution in [3.05, 3.63) is 45.8 Å². The minimum absolute atomic E-state index is 0.227. The van der Waals surface area contributed by atoms with Crippen LogP contribution < -0.4 is 5.56 Å². The monoisotopic (exact) mass is 317 g/mol. The average Bonchev–Trinajstić information content (AvgIpc) is 2.90. The molecule has 3 aromatic rings. The normalized spacial score (nSPS) is 10.7. The Kier molecular flexibility index (Phi) is 3.73. The van der Waals surface area contributed by atoms with E-state index in [2.05, 4.69) is 9.97 Å². The van der Waals surface area contributed by atoms with Gasteiger partial charge in [0.25, 0.3) is 5.56 Å². The lowest BCUT2D eigenvalue weighted by Crippen LogP contribution is -2.08. The predicted octanol–water partition coefficient (Wildman–Crippen LogP) is 3.41. The quantitative estimate of drug-likeness (QED) is 0.594. The highest BCUT2D eigenvalue weighted by Gasteiger charge is 2.13. The number of halogens is 1. The summed E-state index contributed by atoms with van der Waals surface area (Å²) in [6.45, 7) is 0. The predicted molar refractivity (Wildman–Crippen MR) is 82.0 cm³/mol. The van der Waals surface area contributed by atoms with E-state index in [-0.39, 0.29) is 17.1 Å². The summed E-state index contributed by atoms with van der Waals surface area (Å²) in [6, 6.07) is 7.97. The second kappa shape index (κ2) is 5.68. The first-order valence-corrected chi connectivity index (χ1v) is 7.83. The van der Waals surface area contributed by atoms with E-state index in [1.165, 1.54) is 35.2 Å². The molecule has 0 spiro atoms. The first kappa shape index (κ1) is 13.8. The molecule has 0 bridgehead atoms. The number of hydrogen-bond acceptors (Lipinski definition) is 5. The Morgan fingerprint density at radius 1 is 1.38 bits per heavy atom. The van der Waals surface area contributed by atoms with Gasteiger partial charge in [0.15, 0.2) is 5.16 Å². The summed E-state index contributed by atoms with van der Waals surface area (Å²) < 4.78 is 13.0. The molecule has 1 N–H and O–H groups in total. The van der Waals surface area contributed by atoms with Gasteiger partial charge in [0, 0.05) is 10.9 Å². The summed E-state index contributed by atoms with van der Waals surface area (Å²) in [7, 11) is 0. The van der Waals surface area contributed by atoms with Crippen LogP contribution in [0.1, 0.15) is 0 Å². The highest BCUT2D eigenvalue weighted by Crippen LogP contribution is 2.31. The fraction of sp³-hybridized carbons (Fsp3) is 0.0714. The Bertz CT molecular complexity index is 893. The van der Waals surface area contributed by atoms with Gasteiger partial charge in [-0.05, 0) is 17.7 Å². The first-order chi connectivity index (χ1) is 10.2. The summed E-state index contributed by atoms with van der Waals surface area (Å²) in [5, 5.41) is 11.3. The fourth-order valence-electron chi connectivity index (χ4n) is 1.94. The fourth-order valence-corrected chi connectivity index (χ4v) is 3.47. The SMILES string of the molecule is N#CCSc1nc2scc(-c3ccc(F)cc3)c2c(=O)[nH]1. The summed E-state index contributed by atoms with van der Waals surface area (Å²) in [5.41, 5.74) is 1.26. The number of thioether (sulfide) groups is 1. The van der Waals surface area contributed by atoms with Crippen molar-refractivity contribution in [2.75, 3.05) is 5.75 Å². The molecule has 0 aliphatic heterocycles. The molecule has 0 saturated heterocycles. The minimum Gasteiger partial charge on any atom is -0.301 e. The van der Waals surface area contributed by atoms with E-state index >= 15 is 0 Å². The second-order valence-electron chi connectivity index (χ2n) is 4.15. The van der Waals surface area contributed by atoms with Gasteiger partial charge in [-0.1, -0.05) is 23.9 Å². The van der Waals surface area contributed by atoms with Crippen molar-refractivity contribution < 1.29 is 4.39 Å². The molecular formula is C14H8FN3OS2. The molecule has 2 aromatic heterocycles. The van der Waals surface area contributed by atoms with Crippen LogP contribution in [0, 0.1) is 17.1 Å². The van der Waals surface area contributed by atoms with Gasteiger partial charge < -0.3 is 4.98 Å². The van der Waals surface area contributed by atoms with Crippen LogP contribution in [0.4, 0.5) is 4.39 Å². The van der Waals surface area contributed by atoms with E-state index in [4.69, 9.17) is 5.26 Å². The highest BCUT2D eigenvalue weighted by molar-refractivity contribution is 7.99. The first-order valence-electron chi connectivity index (χ1n) is 5.96. The Hall–Kier alpha value is -2.17. The summed E-state index contributed by atoms with van der Waals surface area (Å²) >= 11 is 2.54. The van der Waals surface area contributed by atoms with Crippen LogP contribution >= 0.6 is 23.1 Å². The van der Waals surface area contributed by atoms with Crippen LogP contribution in [-0.2, 0) is 0 Å². The van der Waals surface area contributed by atoms with E-state index in [0.717, 1.165) is 11.1 Å². The molecule has 0 atom stereocenters. The molecule has 0 radical (unpaired) electrons. The van der Waals surface area contributed by atoms with Crippen LogP contribution in [0.2, 0.25) is 0 Å². The lowest BCUT2D eigenvalue weighted by atomic mass is 10.1. The van der Waals surface area contributed by atoms with Crippen molar-refractivity contribution in [2.45, 2.75) is 5.16 Å². The number of thiophene rings is 1. The maximum Gasteiger partial charge on any atom is 0.260 e. The van der Waals surface area contributed by atoms with Gasteiger partial charge in [-0.2, -0.15) is 5.26 Å². The molecular weight excluding hydrogens is 309 g/mol. The maximum absolute atomic E-state index is 13.0. The number of benzene rings is 1. The summed E-state index contributed by atoms with van der Waals surface area (Å²) in [6.07, 6.45) is 0.